The molecular formula is C91H148O15S15. The lowest BCUT2D eigenvalue weighted by Crippen LogP contribution is -2.44. The predicted molar refractivity (Wildman–Crippen MR) is 552 cm³/mol. The molecule has 15 aliphatic heterocycles. The first-order valence-electron chi connectivity index (χ1n) is 42.0. The second kappa shape index (κ2) is 69.3. The first-order valence-corrected chi connectivity index (χ1v) is 56.5. The summed E-state index contributed by atoms with van der Waals surface area (Å²) in [5.74, 6) is 13.3. The van der Waals surface area contributed by atoms with Gasteiger partial charge >= 0.3 is 0 Å². The van der Waals surface area contributed by atoms with E-state index < -0.39 is 0 Å². The summed E-state index contributed by atoms with van der Waals surface area (Å²) in [6.07, 6.45) is 29.5. The third-order valence-electron chi connectivity index (χ3n) is 18.4. The molecule has 15 nitrogen and oxygen atoms in total. The lowest BCUT2D eigenvalue weighted by atomic mass is 9.93. The predicted octanol–water partition coefficient (Wildman–Crippen LogP) is 29.9. The largest absolute Gasteiger partial charge is 0.500 e. The lowest BCUT2D eigenvalue weighted by molar-refractivity contribution is 0.0271. The molecule has 0 N–H and O–H groups in total. The fourth-order valence-corrected chi connectivity index (χ4v) is 21.1. The molecule has 30 heteroatoms. The van der Waals surface area contributed by atoms with E-state index in [-0.39, 0.29) is 10.3 Å². The monoisotopic (exact) mass is 1960 g/mol. The number of fused-ring (bicyclic) bond motifs is 1. The Morgan fingerprint density at radius 1 is 0.380 bits per heavy atom. The van der Waals surface area contributed by atoms with E-state index in [1.165, 1.54) is 85.9 Å². The van der Waals surface area contributed by atoms with Gasteiger partial charge in [0.15, 0.2) is 0 Å². The maximum atomic E-state index is 5.48. The van der Waals surface area contributed by atoms with Gasteiger partial charge in [-0.05, 0) is 198 Å². The van der Waals surface area contributed by atoms with Gasteiger partial charge in [-0.25, -0.2) is 0 Å². The van der Waals surface area contributed by atoms with E-state index in [4.69, 9.17) is 71.1 Å². The normalized spacial score (nSPS) is 28.9. The van der Waals surface area contributed by atoms with E-state index >= 15 is 0 Å². The molecule has 0 bridgehead atoms. The minimum atomic E-state index is -0.0492. The zero-order valence-corrected chi connectivity index (χ0v) is 89.0. The van der Waals surface area contributed by atoms with Gasteiger partial charge in [-0.2, -0.15) is 0 Å². The lowest BCUT2D eigenvalue weighted by Gasteiger charge is -2.41. The first kappa shape index (κ1) is 114. The summed E-state index contributed by atoms with van der Waals surface area (Å²) in [5.41, 5.74) is -0.0492. The number of allylic oxidation sites excluding steroid dienone is 11. The van der Waals surface area contributed by atoms with Gasteiger partial charge in [-0.1, -0.05) is 6.42 Å². The zero-order valence-electron chi connectivity index (χ0n) is 76.8. The molecule has 0 aromatic carbocycles. The molecule has 692 valence electrons. The van der Waals surface area contributed by atoms with Crippen LogP contribution in [-0.2, 0) is 71.1 Å². The van der Waals surface area contributed by atoms with Crippen molar-refractivity contribution in [3.8, 4) is 0 Å². The van der Waals surface area contributed by atoms with E-state index in [0.717, 1.165) is 116 Å². The van der Waals surface area contributed by atoms with Crippen molar-refractivity contribution in [2.24, 2.45) is 0 Å². The van der Waals surface area contributed by atoms with Crippen LogP contribution in [0, 0.1) is 0 Å². The Morgan fingerprint density at radius 2 is 0.983 bits per heavy atom. The molecule has 13 atom stereocenters. The van der Waals surface area contributed by atoms with Crippen LogP contribution >= 0.6 is 176 Å². The van der Waals surface area contributed by atoms with Crippen LogP contribution < -0.4 is 0 Å². The number of hydrogen-bond donors (Lipinski definition) is 0. The molecule has 121 heavy (non-hydrogen) atoms. The number of ether oxygens (including phenoxy) is 15. The molecule has 0 radical (unpaired) electrons. The van der Waals surface area contributed by atoms with Crippen LogP contribution in [0.2, 0.25) is 0 Å². The fourth-order valence-electron chi connectivity index (χ4n) is 10.1. The number of thioether (sulfide) groups is 15. The molecule has 0 aromatic heterocycles. The Bertz CT molecular complexity index is 3110. The van der Waals surface area contributed by atoms with Gasteiger partial charge in [-0.15, -0.1) is 176 Å². The van der Waals surface area contributed by atoms with Gasteiger partial charge in [0, 0.05) is 162 Å². The fraction of sp³-hybridized carbons (Fsp3) is 0.670. The van der Waals surface area contributed by atoms with Crippen LogP contribution in [0.15, 0.2) is 170 Å². The van der Waals surface area contributed by atoms with Gasteiger partial charge < -0.3 is 71.1 Å². The molecular weight excluding hydrogens is 1810 g/mol. The van der Waals surface area contributed by atoms with Gasteiger partial charge in [0.05, 0.1) is 138 Å². The Morgan fingerprint density at radius 3 is 1.41 bits per heavy atom. The van der Waals surface area contributed by atoms with E-state index in [1.54, 1.807) is 54.8 Å². The quantitative estimate of drug-likeness (QED) is 0.227. The molecule has 1 fully saturated rings. The molecule has 1 saturated carbocycles. The average molecular weight is 1960 g/mol. The van der Waals surface area contributed by atoms with Crippen molar-refractivity contribution < 1.29 is 71.1 Å². The highest BCUT2D eigenvalue weighted by atomic mass is 32.2. The van der Waals surface area contributed by atoms with Gasteiger partial charge in [0.1, 0.15) is 53.7 Å². The minimum absolute atomic E-state index is 0.0492. The maximum Gasteiger partial charge on any atom is 0.117 e. The number of hydrogen-bond acceptors (Lipinski definition) is 30. The van der Waals surface area contributed by atoms with Crippen molar-refractivity contribution in [2.75, 3.05) is 93.1 Å². The van der Waals surface area contributed by atoms with Crippen LogP contribution in [-0.4, -0.2) is 177 Å². The summed E-state index contributed by atoms with van der Waals surface area (Å²) in [6, 6.07) is 0. The van der Waals surface area contributed by atoms with Gasteiger partial charge in [0.25, 0.3) is 0 Å². The van der Waals surface area contributed by atoms with Crippen LogP contribution in [0.4, 0.5) is 0 Å². The van der Waals surface area contributed by atoms with E-state index in [2.05, 4.69) is 155 Å². The maximum absolute atomic E-state index is 5.48. The third kappa shape index (κ3) is 57.2. The summed E-state index contributed by atoms with van der Waals surface area (Å²) in [4.78, 5) is 7.98. The summed E-state index contributed by atoms with van der Waals surface area (Å²) in [6.45, 7) is 57.4. The van der Waals surface area contributed by atoms with Crippen LogP contribution in [0.25, 0.3) is 0 Å². The van der Waals surface area contributed by atoms with Crippen molar-refractivity contribution in [3.05, 3.63) is 170 Å². The second-order valence-corrected chi connectivity index (χ2v) is 49.6. The highest BCUT2D eigenvalue weighted by molar-refractivity contribution is 8.06. The van der Waals surface area contributed by atoms with Crippen molar-refractivity contribution >= 4 is 176 Å². The standard InChI is InChI=1S/C8H12OS.C8H14OS.C7H10OS.2C7H12OS.5C6H10OS.4C5H8OS.C4H6OS/c1-2-4-8-7(3-1)9-5-6-10-8;1-7(2)8(3,4)10-6-5-9-7;1-2-6-7(3-1)9-5-4-8-6;1-5-4-9-7(3)6(2)8-5;1-5-4-8-6(2)7(3)9-5;2*1-5-4-8-6(2)3-7-5;1-5-3-7-4-6(2)8-5;2*1-5-6(2)8-4-3-7-5;2*1-5-4-7-3-2-6-5;2*1-5-4-6-2-3-7-5;1-3-6-4-2-5-1/h5-8H,1-4H2;5-6H,1-4H3;1-5H2;2*4,6-7H,1-3H3;4,6H,3H2,1-2H3;3,5H,4H2,1-2H3;3,6H,4H2,1-2H3;3-4H2,1-2H3;3-6H,1-2H3;4H,2-3H2,1H3;2-3,5H,4H2,1H3;4H,2-3H2,1H3;2-3,5H,4H2,1H3;1,3H,2,4H2. The third-order valence-corrected chi connectivity index (χ3v) is 34.3. The summed E-state index contributed by atoms with van der Waals surface area (Å²) in [7, 11) is 0. The van der Waals surface area contributed by atoms with Crippen molar-refractivity contribution in [2.45, 2.75) is 295 Å². The molecule has 15 heterocycles. The minimum Gasteiger partial charge on any atom is -0.500 e. The molecule has 13 unspecified atom stereocenters. The summed E-state index contributed by atoms with van der Waals surface area (Å²) >= 11 is 27.8. The van der Waals surface area contributed by atoms with E-state index in [1.807, 2.05) is 244 Å². The zero-order chi connectivity index (χ0) is 89.1. The molecule has 0 aromatic rings. The Balaban J connectivity index is 0.000000335. The first-order chi connectivity index (χ1) is 57.8. The second-order valence-electron chi connectivity index (χ2n) is 30.4. The SMILES string of the molecule is C1=CSC2CCCCC2O1.C1=CSCCO1.C1CC2=C(C1)SCCO2.CC1(C)OC=CSC1(C)C.CC1=C(C)SCCO1.CC1=COC(C)C(C)S1.CC1=COC(C)CS1.CC1=COCC(C)S1.CC1=COCCS1.CC1=CSC(C)C(C)O1.CC1=CSC(C)CO1.CC1=CSCCO1.CC1COC=CS1.CC1CSC=CO1.CC1OC=CSC1C. The highest BCUT2D eigenvalue weighted by Crippen LogP contribution is 2.42. The van der Waals surface area contributed by atoms with Crippen LogP contribution in [0.1, 0.15) is 211 Å². The molecule has 0 amide bonds. The molecule has 2 aliphatic carbocycles. The molecule has 0 saturated heterocycles. The summed E-state index contributed by atoms with van der Waals surface area (Å²) < 4.78 is 78.4. The van der Waals surface area contributed by atoms with Gasteiger partial charge in [-0.3, -0.25) is 0 Å². The molecule has 17 rings (SSSR count). The Labute approximate surface area is 797 Å². The van der Waals surface area contributed by atoms with Crippen molar-refractivity contribution in [1.82, 2.24) is 0 Å². The topological polar surface area (TPSA) is 138 Å². The van der Waals surface area contributed by atoms with Crippen molar-refractivity contribution in [1.29, 1.82) is 0 Å². The van der Waals surface area contributed by atoms with Gasteiger partial charge in [0.2, 0.25) is 0 Å². The number of rotatable bonds is 0. The van der Waals surface area contributed by atoms with E-state index in [0.29, 0.717) is 68.1 Å². The average Bonchev–Trinajstić information content (AvgIpc) is 1.19. The molecule has 0 spiro atoms. The van der Waals surface area contributed by atoms with Crippen LogP contribution in [0.3, 0.4) is 0 Å². The summed E-state index contributed by atoms with van der Waals surface area (Å²) in [5, 5.41) is 22.7. The highest BCUT2D eigenvalue weighted by Gasteiger charge is 2.40. The van der Waals surface area contributed by atoms with E-state index in [9.17, 15) is 0 Å². The Kier molecular flexibility index (Phi) is 65.0. The smallest absolute Gasteiger partial charge is 0.117 e. The van der Waals surface area contributed by atoms with Crippen molar-refractivity contribution in [3.63, 3.8) is 0 Å². The molecule has 17 aliphatic rings. The van der Waals surface area contributed by atoms with Crippen LogP contribution in [0.5, 0.6) is 0 Å². The Hall–Kier alpha value is -1.65.